The number of piperidine rings is 1. The third-order valence-corrected chi connectivity index (χ3v) is 7.25. The van der Waals surface area contributed by atoms with Crippen LogP contribution in [0.4, 0.5) is 11.6 Å². The van der Waals surface area contributed by atoms with E-state index in [0.717, 1.165) is 56.8 Å². The van der Waals surface area contributed by atoms with Gasteiger partial charge in [-0.25, -0.2) is 9.97 Å². The summed E-state index contributed by atoms with van der Waals surface area (Å²) in [4.78, 5) is 26.9. The molecule has 0 spiro atoms. The standard InChI is InChI=1S/C30H36ClN5O3/c31-24-12-13-26-25(18-24)34-29(37)22-35(21-23-19-32-30(33-20-23)36-15-7-3-8-16-36)14-6-1-2-9-17-38-27-10-4-5-11-28(27)39-26/h4-5,10-13,18-20H,1-3,6-9,14-17,21-22H2,(H,34,37). The molecule has 5 rings (SSSR count). The van der Waals surface area contributed by atoms with Crippen LogP contribution >= 0.6 is 11.6 Å². The Morgan fingerprint density at radius 3 is 2.38 bits per heavy atom. The fraction of sp³-hybridized carbons (Fsp3) is 0.433. The van der Waals surface area contributed by atoms with E-state index in [4.69, 9.17) is 21.1 Å². The topological polar surface area (TPSA) is 79.8 Å². The van der Waals surface area contributed by atoms with Gasteiger partial charge in [-0.15, -0.1) is 0 Å². The van der Waals surface area contributed by atoms with Crippen LogP contribution in [0.3, 0.4) is 0 Å². The van der Waals surface area contributed by atoms with Crippen LogP contribution < -0.4 is 19.7 Å². The minimum atomic E-state index is -0.135. The molecule has 8 nitrogen and oxygen atoms in total. The highest BCUT2D eigenvalue weighted by Crippen LogP contribution is 2.36. The van der Waals surface area contributed by atoms with Crippen LogP contribution in [0.15, 0.2) is 54.9 Å². The first kappa shape index (κ1) is 27.2. The van der Waals surface area contributed by atoms with E-state index in [-0.39, 0.29) is 12.5 Å². The van der Waals surface area contributed by atoms with Crippen molar-refractivity contribution in [2.24, 2.45) is 0 Å². The number of amides is 1. The maximum absolute atomic E-state index is 13.2. The zero-order valence-corrected chi connectivity index (χ0v) is 23.0. The van der Waals surface area contributed by atoms with Gasteiger partial charge in [-0.05, 0) is 69.0 Å². The van der Waals surface area contributed by atoms with Gasteiger partial charge in [-0.2, -0.15) is 0 Å². The highest BCUT2D eigenvalue weighted by Gasteiger charge is 2.18. The molecule has 0 atom stereocenters. The number of anilines is 2. The van der Waals surface area contributed by atoms with Gasteiger partial charge in [-0.3, -0.25) is 9.69 Å². The van der Waals surface area contributed by atoms with Gasteiger partial charge in [0.2, 0.25) is 11.9 Å². The summed E-state index contributed by atoms with van der Waals surface area (Å²) in [5, 5.41) is 3.53. The third kappa shape index (κ3) is 7.83. The number of hydrogen-bond donors (Lipinski definition) is 1. The lowest BCUT2D eigenvalue weighted by molar-refractivity contribution is -0.117. The van der Waals surface area contributed by atoms with Crippen LogP contribution in [-0.2, 0) is 11.3 Å². The van der Waals surface area contributed by atoms with E-state index in [1.54, 1.807) is 18.2 Å². The van der Waals surface area contributed by atoms with Crippen molar-refractivity contribution in [2.75, 3.05) is 43.0 Å². The minimum absolute atomic E-state index is 0.135. The fourth-order valence-electron chi connectivity index (χ4n) is 4.99. The lowest BCUT2D eigenvalue weighted by Crippen LogP contribution is -2.34. The molecule has 1 fully saturated rings. The monoisotopic (exact) mass is 549 g/mol. The molecule has 3 aromatic rings. The number of benzene rings is 2. The number of aromatic nitrogens is 2. The molecule has 9 heteroatoms. The van der Waals surface area contributed by atoms with Gasteiger partial charge in [0.25, 0.3) is 0 Å². The predicted molar refractivity (Wildman–Crippen MR) is 154 cm³/mol. The summed E-state index contributed by atoms with van der Waals surface area (Å²) in [5.74, 6) is 2.43. The normalized spacial score (nSPS) is 17.8. The maximum Gasteiger partial charge on any atom is 0.238 e. The van der Waals surface area contributed by atoms with E-state index < -0.39 is 0 Å². The lowest BCUT2D eigenvalue weighted by atomic mass is 10.1. The number of rotatable bonds is 3. The van der Waals surface area contributed by atoms with Crippen LogP contribution in [0.25, 0.3) is 0 Å². The number of ether oxygens (including phenoxy) is 2. The smallest absolute Gasteiger partial charge is 0.238 e. The Kier molecular flexibility index (Phi) is 9.51. The summed E-state index contributed by atoms with van der Waals surface area (Å²) in [7, 11) is 0. The number of fused-ring (bicyclic) bond motifs is 2. The highest BCUT2D eigenvalue weighted by atomic mass is 35.5. The average molecular weight is 550 g/mol. The molecule has 0 unspecified atom stereocenters. The average Bonchev–Trinajstić information content (AvgIpc) is 2.95. The molecular weight excluding hydrogens is 514 g/mol. The van der Waals surface area contributed by atoms with Crippen molar-refractivity contribution < 1.29 is 14.3 Å². The molecule has 3 heterocycles. The van der Waals surface area contributed by atoms with Gasteiger partial charge in [0.05, 0.1) is 18.8 Å². The second-order valence-corrected chi connectivity index (χ2v) is 10.6. The summed E-state index contributed by atoms with van der Waals surface area (Å²) in [6.07, 6.45) is 11.5. The molecular formula is C30H36ClN5O3. The Bertz CT molecular complexity index is 1230. The Morgan fingerprint density at radius 1 is 0.846 bits per heavy atom. The molecule has 0 bridgehead atoms. The zero-order valence-electron chi connectivity index (χ0n) is 22.3. The van der Waals surface area contributed by atoms with Crippen molar-refractivity contribution in [1.82, 2.24) is 14.9 Å². The molecule has 2 aromatic carbocycles. The second-order valence-electron chi connectivity index (χ2n) is 10.1. The largest absolute Gasteiger partial charge is 0.490 e. The minimum Gasteiger partial charge on any atom is -0.490 e. The molecule has 2 aliphatic heterocycles. The van der Waals surface area contributed by atoms with E-state index in [0.29, 0.717) is 41.1 Å². The Balaban J connectivity index is 1.31. The van der Waals surface area contributed by atoms with Crippen molar-refractivity contribution in [3.8, 4) is 17.2 Å². The quantitative estimate of drug-likeness (QED) is 0.410. The van der Waals surface area contributed by atoms with Gasteiger partial charge in [-0.1, -0.05) is 36.6 Å². The Hall–Kier alpha value is -3.36. The predicted octanol–water partition coefficient (Wildman–Crippen LogP) is 6.31. The van der Waals surface area contributed by atoms with E-state index in [2.05, 4.69) is 25.1 Å². The van der Waals surface area contributed by atoms with Gasteiger partial charge < -0.3 is 19.7 Å². The van der Waals surface area contributed by atoms with Gasteiger partial charge in [0.15, 0.2) is 17.2 Å². The van der Waals surface area contributed by atoms with Crippen LogP contribution in [0.5, 0.6) is 17.2 Å². The molecule has 1 aromatic heterocycles. The van der Waals surface area contributed by atoms with Crippen LogP contribution in [0, 0.1) is 0 Å². The highest BCUT2D eigenvalue weighted by molar-refractivity contribution is 6.31. The summed E-state index contributed by atoms with van der Waals surface area (Å²) >= 11 is 6.28. The summed E-state index contributed by atoms with van der Waals surface area (Å²) < 4.78 is 12.2. The number of carbonyl (C=O) groups is 1. The number of carbonyl (C=O) groups excluding carboxylic acids is 1. The summed E-state index contributed by atoms with van der Waals surface area (Å²) in [6, 6.07) is 12.8. The number of halogens is 1. The molecule has 1 amide bonds. The second kappa shape index (κ2) is 13.6. The van der Waals surface area contributed by atoms with Crippen molar-refractivity contribution in [3.63, 3.8) is 0 Å². The molecule has 1 N–H and O–H groups in total. The van der Waals surface area contributed by atoms with Crippen molar-refractivity contribution in [2.45, 2.75) is 51.5 Å². The van der Waals surface area contributed by atoms with E-state index in [1.807, 2.05) is 36.7 Å². The molecule has 1 saturated heterocycles. The molecule has 2 aliphatic rings. The first-order valence-corrected chi connectivity index (χ1v) is 14.3. The summed E-state index contributed by atoms with van der Waals surface area (Å²) in [5.41, 5.74) is 1.51. The van der Waals surface area contributed by atoms with Crippen LogP contribution in [0.2, 0.25) is 5.02 Å². The van der Waals surface area contributed by atoms with Crippen molar-refractivity contribution in [3.05, 3.63) is 65.4 Å². The first-order valence-electron chi connectivity index (χ1n) is 13.9. The number of nitrogens with zero attached hydrogens (tertiary/aromatic N) is 4. The summed E-state index contributed by atoms with van der Waals surface area (Å²) in [6.45, 7) is 4.27. The fourth-order valence-corrected chi connectivity index (χ4v) is 5.16. The molecule has 0 saturated carbocycles. The zero-order chi connectivity index (χ0) is 26.9. The number of para-hydroxylation sites is 2. The van der Waals surface area contributed by atoms with Gasteiger partial charge in [0.1, 0.15) is 0 Å². The van der Waals surface area contributed by atoms with Gasteiger partial charge >= 0.3 is 0 Å². The third-order valence-electron chi connectivity index (χ3n) is 7.02. The number of hydrogen-bond acceptors (Lipinski definition) is 7. The molecule has 206 valence electrons. The van der Waals surface area contributed by atoms with Gasteiger partial charge in [0, 0.05) is 42.6 Å². The van der Waals surface area contributed by atoms with E-state index in [9.17, 15) is 4.79 Å². The molecule has 0 aliphatic carbocycles. The molecule has 0 radical (unpaired) electrons. The van der Waals surface area contributed by atoms with E-state index >= 15 is 0 Å². The maximum atomic E-state index is 13.2. The first-order chi connectivity index (χ1) is 19.1. The Morgan fingerprint density at radius 2 is 1.56 bits per heavy atom. The van der Waals surface area contributed by atoms with E-state index in [1.165, 1.54) is 19.3 Å². The lowest BCUT2D eigenvalue weighted by Gasteiger charge is -2.27. The SMILES string of the molecule is O=C1CN(Cc2cnc(N3CCCCC3)nc2)CCCCCCOc2ccccc2Oc2ccc(Cl)cc2N1. The van der Waals surface area contributed by atoms with Crippen LogP contribution in [0.1, 0.15) is 50.5 Å². The van der Waals surface area contributed by atoms with Crippen molar-refractivity contribution in [1.29, 1.82) is 0 Å². The molecule has 39 heavy (non-hydrogen) atoms. The number of nitrogens with one attached hydrogen (secondary N) is 1. The van der Waals surface area contributed by atoms with Crippen LogP contribution in [-0.4, -0.2) is 53.6 Å². The van der Waals surface area contributed by atoms with Crippen molar-refractivity contribution >= 4 is 29.1 Å². The Labute approximate surface area is 235 Å².